The van der Waals surface area contributed by atoms with Crippen LogP contribution in [-0.4, -0.2) is 25.2 Å². The number of carbonyl (C=O) groups is 2. The van der Waals surface area contributed by atoms with Crippen molar-refractivity contribution < 1.29 is 19.1 Å². The van der Waals surface area contributed by atoms with Gasteiger partial charge < -0.3 is 9.47 Å². The maximum Gasteiger partial charge on any atom is 0.345 e. The highest BCUT2D eigenvalue weighted by molar-refractivity contribution is 6.14. The minimum atomic E-state index is -0.614. The Balaban J connectivity index is 2.95. The molecule has 0 amide bonds. The molecule has 0 aromatic rings. The van der Waals surface area contributed by atoms with Crippen LogP contribution in [0, 0.1) is 17.3 Å². The van der Waals surface area contributed by atoms with Crippen LogP contribution in [0.1, 0.15) is 41.0 Å². The van der Waals surface area contributed by atoms with Crippen LogP contribution in [0.15, 0.2) is 36.0 Å². The predicted molar refractivity (Wildman–Crippen MR) is 90.7 cm³/mol. The molecule has 23 heavy (non-hydrogen) atoms. The van der Waals surface area contributed by atoms with Crippen LogP contribution in [0.3, 0.4) is 0 Å². The average molecular weight is 320 g/mol. The summed E-state index contributed by atoms with van der Waals surface area (Å²) in [5, 5.41) is 0. The molecule has 0 spiro atoms. The van der Waals surface area contributed by atoms with Gasteiger partial charge in [-0.05, 0) is 18.3 Å². The van der Waals surface area contributed by atoms with Gasteiger partial charge in [-0.15, -0.1) is 0 Å². The SMILES string of the molecule is CC(C)COC(=O)C(=CC1(C)C=CC=CC1)C(=O)OCC(C)C. The lowest BCUT2D eigenvalue weighted by Gasteiger charge is -2.23. The Morgan fingerprint density at radius 1 is 1.04 bits per heavy atom. The van der Waals surface area contributed by atoms with E-state index in [0.29, 0.717) is 0 Å². The average Bonchev–Trinajstić information content (AvgIpc) is 2.48. The molecule has 4 nitrogen and oxygen atoms in total. The number of carbonyl (C=O) groups excluding carboxylic acids is 2. The molecule has 0 saturated heterocycles. The first kappa shape index (κ1) is 19.2. The molecule has 0 aromatic heterocycles. The molecule has 1 atom stereocenters. The van der Waals surface area contributed by atoms with Crippen molar-refractivity contribution in [2.45, 2.75) is 41.0 Å². The fourth-order valence-electron chi connectivity index (χ4n) is 2.02. The van der Waals surface area contributed by atoms with Crippen molar-refractivity contribution in [2.75, 3.05) is 13.2 Å². The summed E-state index contributed by atoms with van der Waals surface area (Å²) in [5.41, 5.74) is -0.411. The molecule has 0 fully saturated rings. The lowest BCUT2D eigenvalue weighted by molar-refractivity contribution is -0.148. The first-order valence-electron chi connectivity index (χ1n) is 8.15. The standard InChI is InChI=1S/C19H28O4/c1-14(2)12-22-17(20)16(18(21)23-13-15(3)4)11-19(5)9-7-6-8-10-19/h6-9,11,14-15H,10,12-13H2,1-5H3. The van der Waals surface area contributed by atoms with Gasteiger partial charge in [-0.3, -0.25) is 0 Å². The van der Waals surface area contributed by atoms with E-state index in [9.17, 15) is 9.59 Å². The van der Waals surface area contributed by atoms with Crippen LogP contribution in [0.5, 0.6) is 0 Å². The number of esters is 2. The van der Waals surface area contributed by atoms with E-state index in [2.05, 4.69) is 0 Å². The van der Waals surface area contributed by atoms with Crippen molar-refractivity contribution >= 4 is 11.9 Å². The Labute approximate surface area is 139 Å². The fraction of sp³-hybridized carbons (Fsp3) is 0.579. The Hall–Kier alpha value is -1.84. The molecule has 0 bridgehead atoms. The van der Waals surface area contributed by atoms with Crippen molar-refractivity contribution in [3.63, 3.8) is 0 Å². The van der Waals surface area contributed by atoms with E-state index in [1.54, 1.807) is 6.08 Å². The summed E-state index contributed by atoms with van der Waals surface area (Å²) in [5.74, 6) is -0.812. The van der Waals surface area contributed by atoms with Crippen LogP contribution in [0.4, 0.5) is 0 Å². The Morgan fingerprint density at radius 2 is 1.57 bits per heavy atom. The molecule has 1 aliphatic carbocycles. The summed E-state index contributed by atoms with van der Waals surface area (Å²) in [6.45, 7) is 10.3. The Bertz CT molecular complexity index is 485. The van der Waals surface area contributed by atoms with Crippen molar-refractivity contribution in [1.29, 1.82) is 0 Å². The molecule has 128 valence electrons. The third-order valence-corrected chi connectivity index (χ3v) is 3.29. The lowest BCUT2D eigenvalue weighted by Crippen LogP contribution is -2.24. The second kappa shape index (κ2) is 8.70. The van der Waals surface area contributed by atoms with Gasteiger partial charge in [0.05, 0.1) is 13.2 Å². The molecule has 0 aromatic carbocycles. The van der Waals surface area contributed by atoms with Gasteiger partial charge in [-0.2, -0.15) is 0 Å². The molecule has 0 N–H and O–H groups in total. The van der Waals surface area contributed by atoms with E-state index in [-0.39, 0.29) is 30.6 Å². The van der Waals surface area contributed by atoms with Gasteiger partial charge in [-0.1, -0.05) is 65.0 Å². The number of ether oxygens (including phenoxy) is 2. The van der Waals surface area contributed by atoms with Crippen molar-refractivity contribution in [1.82, 2.24) is 0 Å². The normalized spacial score (nSPS) is 19.8. The molecule has 4 heteroatoms. The van der Waals surface area contributed by atoms with E-state index in [0.717, 1.165) is 6.42 Å². The molecule has 0 heterocycles. The van der Waals surface area contributed by atoms with E-state index < -0.39 is 17.4 Å². The molecular weight excluding hydrogens is 292 g/mol. The molecular formula is C19H28O4. The summed E-state index contributed by atoms with van der Waals surface area (Å²) in [4.78, 5) is 24.6. The molecule has 1 rings (SSSR count). The third kappa shape index (κ3) is 6.85. The molecule has 1 aliphatic rings. The topological polar surface area (TPSA) is 52.6 Å². The highest BCUT2D eigenvalue weighted by atomic mass is 16.6. The van der Waals surface area contributed by atoms with Crippen molar-refractivity contribution in [3.05, 3.63) is 36.0 Å². The zero-order chi connectivity index (χ0) is 17.5. The minimum absolute atomic E-state index is 0.0197. The van der Waals surface area contributed by atoms with Gasteiger partial charge in [0.15, 0.2) is 0 Å². The Morgan fingerprint density at radius 3 is 1.96 bits per heavy atom. The van der Waals surface area contributed by atoms with Crippen LogP contribution in [0.2, 0.25) is 0 Å². The zero-order valence-corrected chi connectivity index (χ0v) is 14.8. The van der Waals surface area contributed by atoms with Crippen LogP contribution in [-0.2, 0) is 19.1 Å². The van der Waals surface area contributed by atoms with E-state index >= 15 is 0 Å². The molecule has 0 aliphatic heterocycles. The molecule has 1 unspecified atom stereocenters. The summed E-state index contributed by atoms with van der Waals surface area (Å²) >= 11 is 0. The Kier molecular flexibility index (Phi) is 7.27. The summed E-state index contributed by atoms with van der Waals surface area (Å²) in [6, 6.07) is 0. The first-order chi connectivity index (χ1) is 10.7. The van der Waals surface area contributed by atoms with E-state index in [4.69, 9.17) is 9.47 Å². The zero-order valence-electron chi connectivity index (χ0n) is 14.8. The van der Waals surface area contributed by atoms with Crippen LogP contribution < -0.4 is 0 Å². The summed E-state index contributed by atoms with van der Waals surface area (Å²) in [7, 11) is 0. The summed E-state index contributed by atoms with van der Waals surface area (Å²) < 4.78 is 10.5. The maximum absolute atomic E-state index is 12.3. The quantitative estimate of drug-likeness (QED) is 0.309. The van der Waals surface area contributed by atoms with E-state index in [1.165, 1.54) is 0 Å². The molecule has 0 saturated carbocycles. The van der Waals surface area contributed by atoms with Crippen molar-refractivity contribution in [3.8, 4) is 0 Å². The first-order valence-corrected chi connectivity index (χ1v) is 8.15. The van der Waals surface area contributed by atoms with Gasteiger partial charge in [-0.25, -0.2) is 9.59 Å². The van der Waals surface area contributed by atoms with Gasteiger partial charge in [0.2, 0.25) is 0 Å². The largest absolute Gasteiger partial charge is 0.462 e. The lowest BCUT2D eigenvalue weighted by atomic mass is 9.82. The number of hydrogen-bond acceptors (Lipinski definition) is 4. The second-order valence-corrected chi connectivity index (χ2v) is 7.04. The minimum Gasteiger partial charge on any atom is -0.462 e. The van der Waals surface area contributed by atoms with Crippen LogP contribution in [0.25, 0.3) is 0 Å². The van der Waals surface area contributed by atoms with Crippen molar-refractivity contribution in [2.24, 2.45) is 17.3 Å². The molecule has 0 radical (unpaired) electrons. The van der Waals surface area contributed by atoms with E-state index in [1.807, 2.05) is 58.9 Å². The number of rotatable bonds is 7. The van der Waals surface area contributed by atoms with Gasteiger partial charge in [0, 0.05) is 5.41 Å². The van der Waals surface area contributed by atoms with Gasteiger partial charge in [0.25, 0.3) is 0 Å². The second-order valence-electron chi connectivity index (χ2n) is 7.04. The van der Waals surface area contributed by atoms with Crippen LogP contribution >= 0.6 is 0 Å². The summed E-state index contributed by atoms with van der Waals surface area (Å²) in [6.07, 6.45) is 10.2. The number of allylic oxidation sites excluding steroid dienone is 5. The number of hydrogen-bond donors (Lipinski definition) is 0. The fourth-order valence-corrected chi connectivity index (χ4v) is 2.02. The third-order valence-electron chi connectivity index (χ3n) is 3.29. The highest BCUT2D eigenvalue weighted by Gasteiger charge is 2.28. The van der Waals surface area contributed by atoms with Gasteiger partial charge >= 0.3 is 11.9 Å². The smallest absolute Gasteiger partial charge is 0.345 e. The maximum atomic E-state index is 12.3. The predicted octanol–water partition coefficient (Wildman–Crippen LogP) is 3.83. The monoisotopic (exact) mass is 320 g/mol. The van der Waals surface area contributed by atoms with Gasteiger partial charge in [0.1, 0.15) is 5.57 Å². The highest BCUT2D eigenvalue weighted by Crippen LogP contribution is 2.30.